The third kappa shape index (κ3) is 3.23. The van der Waals surface area contributed by atoms with Crippen LogP contribution in [-0.2, 0) is 6.04 Å². The third-order valence-corrected chi connectivity index (χ3v) is 10.6. The molecule has 0 saturated carbocycles. The van der Waals surface area contributed by atoms with Gasteiger partial charge in [-0.3, -0.25) is 4.98 Å². The maximum Gasteiger partial charge on any atom is 0.154 e. The Hall–Kier alpha value is -1.72. The van der Waals surface area contributed by atoms with Crippen molar-refractivity contribution in [1.29, 1.82) is 0 Å². The van der Waals surface area contributed by atoms with Crippen LogP contribution in [0.2, 0.25) is 23.3 Å². The van der Waals surface area contributed by atoms with Crippen LogP contribution in [0, 0.1) is 0 Å². The van der Waals surface area contributed by atoms with Gasteiger partial charge < -0.3 is 0 Å². The second-order valence-electron chi connectivity index (χ2n) is 7.93. The van der Waals surface area contributed by atoms with Gasteiger partial charge in [0.2, 0.25) is 0 Å². The van der Waals surface area contributed by atoms with Crippen LogP contribution >= 0.6 is 11.6 Å². The molecule has 4 nitrogen and oxygen atoms in total. The van der Waals surface area contributed by atoms with Crippen LogP contribution in [-0.4, -0.2) is 27.7 Å². The summed E-state index contributed by atoms with van der Waals surface area (Å²) in [6.45, 7) is 11.9. The molecule has 6 heteroatoms. The van der Waals surface area contributed by atoms with Gasteiger partial charge in [0.1, 0.15) is 10.8 Å². The van der Waals surface area contributed by atoms with Crippen LogP contribution in [0.15, 0.2) is 36.7 Å². The molecule has 0 atom stereocenters. The number of nitrogens with zero attached hydrogens (tertiary/aromatic N) is 4. The molecule has 0 aliphatic heterocycles. The van der Waals surface area contributed by atoms with Crippen molar-refractivity contribution < 1.29 is 0 Å². The maximum atomic E-state index is 6.03. The average molecular weight is 359 g/mol. The van der Waals surface area contributed by atoms with Gasteiger partial charge in [-0.15, -0.1) is 0 Å². The minimum atomic E-state index is -1.40. The summed E-state index contributed by atoms with van der Waals surface area (Å²) in [4.78, 5) is 8.92. The summed E-state index contributed by atoms with van der Waals surface area (Å²) in [5, 5.41) is 5.14. The summed E-state index contributed by atoms with van der Waals surface area (Å²) in [7, 11) is -1.40. The summed E-state index contributed by atoms with van der Waals surface area (Å²) >= 11 is 6.03. The minimum absolute atomic E-state index is 0.356. The van der Waals surface area contributed by atoms with Gasteiger partial charge in [0.05, 0.1) is 20.0 Å². The number of pyridine rings is 1. The van der Waals surface area contributed by atoms with Gasteiger partial charge in [-0.25, -0.2) is 9.50 Å². The van der Waals surface area contributed by atoms with E-state index in [9.17, 15) is 0 Å². The van der Waals surface area contributed by atoms with Gasteiger partial charge in [-0.2, -0.15) is 5.10 Å². The fourth-order valence-corrected chi connectivity index (χ4v) is 4.43. The highest BCUT2D eigenvalue weighted by atomic mass is 35.5. The smallest absolute Gasteiger partial charge is 0.154 e. The van der Waals surface area contributed by atoms with E-state index in [-0.39, 0.29) is 0 Å². The van der Waals surface area contributed by atoms with Crippen LogP contribution in [0.5, 0.6) is 0 Å². The van der Waals surface area contributed by atoms with Gasteiger partial charge in [0, 0.05) is 6.20 Å². The molecule has 3 rings (SSSR count). The Balaban J connectivity index is 2.00. The lowest BCUT2D eigenvalue weighted by Crippen LogP contribution is -2.39. The van der Waals surface area contributed by atoms with Crippen LogP contribution in [0.1, 0.15) is 26.3 Å². The molecule has 0 spiro atoms. The predicted molar refractivity (Wildman–Crippen MR) is 102 cm³/mol. The van der Waals surface area contributed by atoms with E-state index < -0.39 is 8.07 Å². The Labute approximate surface area is 148 Å². The van der Waals surface area contributed by atoms with Crippen molar-refractivity contribution in [1.82, 2.24) is 19.6 Å². The molecule has 0 aliphatic rings. The summed E-state index contributed by atoms with van der Waals surface area (Å²) in [6.07, 6.45) is 3.68. The van der Waals surface area contributed by atoms with Gasteiger partial charge in [-0.05, 0) is 40.9 Å². The van der Waals surface area contributed by atoms with Crippen molar-refractivity contribution in [3.05, 3.63) is 47.4 Å². The monoisotopic (exact) mass is 358 g/mol. The molecule has 0 fully saturated rings. The molecule has 0 radical (unpaired) electrons. The normalized spacial score (nSPS) is 12.8. The summed E-state index contributed by atoms with van der Waals surface area (Å²) in [6, 6.07) is 9.00. The molecule has 3 aromatic heterocycles. The average Bonchev–Trinajstić information content (AvgIpc) is 2.88. The Bertz CT molecular complexity index is 880. The van der Waals surface area contributed by atoms with Crippen LogP contribution < -0.4 is 0 Å². The second kappa shape index (κ2) is 5.97. The lowest BCUT2D eigenvalue weighted by Gasteiger charge is -2.37. The van der Waals surface area contributed by atoms with E-state index in [1.165, 1.54) is 5.56 Å². The second-order valence-corrected chi connectivity index (χ2v) is 13.9. The molecule has 0 aliphatic carbocycles. The van der Waals surface area contributed by atoms with Gasteiger partial charge in [0.15, 0.2) is 5.65 Å². The fraction of sp³-hybridized carbons (Fsp3) is 0.389. The first-order chi connectivity index (χ1) is 11.2. The van der Waals surface area contributed by atoms with E-state index >= 15 is 0 Å². The number of rotatable bonds is 3. The molecule has 3 heterocycles. The first kappa shape index (κ1) is 17.1. The van der Waals surface area contributed by atoms with Crippen molar-refractivity contribution in [2.75, 3.05) is 0 Å². The SMILES string of the molecule is CC(C)(C)[Si](C)(C)Cc1ccnc(-c2cnc3ccc(Cl)nn23)c1. The predicted octanol–water partition coefficient (Wildman–Crippen LogP) is 5.03. The van der Waals surface area contributed by atoms with Crippen LogP contribution in [0.4, 0.5) is 0 Å². The standard InChI is InChI=1S/C18H23ClN4Si/c1-18(2,3)24(4,5)12-13-8-9-20-14(10-13)15-11-21-17-7-6-16(19)22-23(15)17/h6-11H,12H2,1-5H3. The molecule has 0 bridgehead atoms. The quantitative estimate of drug-likeness (QED) is 0.616. The number of imidazole rings is 1. The molecule has 126 valence electrons. The Morgan fingerprint density at radius 3 is 2.58 bits per heavy atom. The van der Waals surface area contributed by atoms with Crippen molar-refractivity contribution in [2.45, 2.75) is 44.9 Å². The third-order valence-electron chi connectivity index (χ3n) is 5.09. The van der Waals surface area contributed by atoms with Crippen molar-refractivity contribution in [3.8, 4) is 11.4 Å². The van der Waals surface area contributed by atoms with Crippen molar-refractivity contribution in [3.63, 3.8) is 0 Å². The highest BCUT2D eigenvalue weighted by Crippen LogP contribution is 2.38. The Kier molecular flexibility index (Phi) is 4.26. The zero-order valence-electron chi connectivity index (χ0n) is 14.8. The maximum absolute atomic E-state index is 6.03. The van der Waals surface area contributed by atoms with E-state index in [1.54, 1.807) is 16.8 Å². The van der Waals surface area contributed by atoms with Crippen LogP contribution in [0.25, 0.3) is 17.0 Å². The summed E-state index contributed by atoms with van der Waals surface area (Å²) in [5.41, 5.74) is 3.84. The molecular weight excluding hydrogens is 336 g/mol. The molecule has 0 unspecified atom stereocenters. The number of hydrogen-bond acceptors (Lipinski definition) is 3. The fourth-order valence-electron chi connectivity index (χ4n) is 2.53. The number of halogens is 1. The summed E-state index contributed by atoms with van der Waals surface area (Å²) < 4.78 is 1.75. The molecule has 0 N–H and O–H groups in total. The Morgan fingerprint density at radius 2 is 1.88 bits per heavy atom. The lowest BCUT2D eigenvalue weighted by molar-refractivity contribution is 0.713. The van der Waals surface area contributed by atoms with E-state index in [1.807, 2.05) is 12.3 Å². The highest BCUT2D eigenvalue weighted by molar-refractivity contribution is 6.79. The zero-order valence-corrected chi connectivity index (χ0v) is 16.6. The molecule has 0 amide bonds. The number of aromatic nitrogens is 4. The van der Waals surface area contributed by atoms with E-state index in [2.05, 4.69) is 61.1 Å². The van der Waals surface area contributed by atoms with Gasteiger partial charge in [-0.1, -0.05) is 45.5 Å². The van der Waals surface area contributed by atoms with Gasteiger partial charge in [0.25, 0.3) is 0 Å². The zero-order chi connectivity index (χ0) is 17.5. The summed E-state index contributed by atoms with van der Waals surface area (Å²) in [5.74, 6) is 0. The van der Waals surface area contributed by atoms with Gasteiger partial charge >= 0.3 is 0 Å². The number of hydrogen-bond donors (Lipinski definition) is 0. The van der Waals surface area contributed by atoms with E-state index in [0.717, 1.165) is 23.1 Å². The number of fused-ring (bicyclic) bond motifs is 1. The Morgan fingerprint density at radius 1 is 1.12 bits per heavy atom. The molecule has 24 heavy (non-hydrogen) atoms. The molecule has 3 aromatic rings. The van der Waals surface area contributed by atoms with Crippen LogP contribution in [0.3, 0.4) is 0 Å². The van der Waals surface area contributed by atoms with Crippen molar-refractivity contribution in [2.24, 2.45) is 0 Å². The largest absolute Gasteiger partial charge is 0.255 e. The minimum Gasteiger partial charge on any atom is -0.255 e. The van der Waals surface area contributed by atoms with E-state index in [4.69, 9.17) is 11.6 Å². The highest BCUT2D eigenvalue weighted by Gasteiger charge is 2.34. The van der Waals surface area contributed by atoms with Crippen molar-refractivity contribution >= 4 is 25.3 Å². The lowest BCUT2D eigenvalue weighted by atomic mass is 10.2. The topological polar surface area (TPSA) is 43.1 Å². The molecular formula is C18H23ClN4Si. The van der Waals surface area contributed by atoms with E-state index in [0.29, 0.717) is 10.2 Å². The molecule has 0 aromatic carbocycles. The first-order valence-electron chi connectivity index (χ1n) is 8.13. The first-order valence-corrected chi connectivity index (χ1v) is 11.7. The molecule has 0 saturated heterocycles.